The number of halogens is 3. The Hall–Kier alpha value is -1.07. The van der Waals surface area contributed by atoms with Crippen molar-refractivity contribution in [2.45, 2.75) is 37.7 Å². The maximum atomic E-state index is 12.7. The van der Waals surface area contributed by atoms with Gasteiger partial charge in [0.05, 0.1) is 11.7 Å². The van der Waals surface area contributed by atoms with Crippen LogP contribution in [0.2, 0.25) is 0 Å². The third-order valence-corrected chi connectivity index (χ3v) is 3.33. The van der Waals surface area contributed by atoms with Crippen molar-refractivity contribution in [1.82, 2.24) is 5.32 Å². The van der Waals surface area contributed by atoms with E-state index in [0.717, 1.165) is 18.9 Å². The molecule has 0 atom stereocenters. The second-order valence-electron chi connectivity index (χ2n) is 4.56. The highest BCUT2D eigenvalue weighted by Crippen LogP contribution is 2.32. The van der Waals surface area contributed by atoms with Crippen molar-refractivity contribution in [3.63, 3.8) is 0 Å². The van der Waals surface area contributed by atoms with Gasteiger partial charge in [0.25, 0.3) is 0 Å². The van der Waals surface area contributed by atoms with Crippen LogP contribution in [0.25, 0.3) is 0 Å². The predicted octanol–water partition coefficient (Wildman–Crippen LogP) is 2.97. The summed E-state index contributed by atoms with van der Waals surface area (Å²) in [5.74, 6) is 0. The number of nitrogens with one attached hydrogen (secondary N) is 1. The van der Waals surface area contributed by atoms with Gasteiger partial charge in [-0.05, 0) is 24.5 Å². The highest BCUT2D eigenvalue weighted by atomic mass is 19.4. The van der Waals surface area contributed by atoms with Gasteiger partial charge in [0, 0.05) is 19.7 Å². The van der Waals surface area contributed by atoms with Crippen LogP contribution in [0.4, 0.5) is 13.2 Å². The smallest absolute Gasteiger partial charge is 0.381 e. The molecule has 0 unspecified atom stereocenters. The minimum Gasteiger partial charge on any atom is -0.381 e. The van der Waals surface area contributed by atoms with Crippen LogP contribution >= 0.6 is 0 Å². The molecule has 0 heterocycles. The molecule has 1 aliphatic rings. The highest BCUT2D eigenvalue weighted by Gasteiger charge is 2.33. The number of ether oxygens (including phenoxy) is 1. The molecular weight excluding hydrogens is 243 g/mol. The molecule has 0 aliphatic heterocycles. The number of benzene rings is 1. The largest absolute Gasteiger partial charge is 0.416 e. The first-order chi connectivity index (χ1) is 8.50. The SMILES string of the molecule is COC1CC(NCc2ccccc2C(F)(F)F)C1. The molecule has 1 saturated carbocycles. The lowest BCUT2D eigenvalue weighted by molar-refractivity contribution is -0.138. The third kappa shape index (κ3) is 3.03. The topological polar surface area (TPSA) is 21.3 Å². The van der Waals surface area contributed by atoms with Crippen molar-refractivity contribution in [3.8, 4) is 0 Å². The van der Waals surface area contributed by atoms with Crippen LogP contribution in [0.1, 0.15) is 24.0 Å². The van der Waals surface area contributed by atoms with E-state index < -0.39 is 11.7 Å². The molecular formula is C13H16F3NO. The van der Waals surface area contributed by atoms with Gasteiger partial charge in [-0.15, -0.1) is 0 Å². The molecule has 0 amide bonds. The molecule has 1 N–H and O–H groups in total. The molecule has 0 spiro atoms. The Bertz CT molecular complexity index is 399. The summed E-state index contributed by atoms with van der Waals surface area (Å²) in [6, 6.07) is 5.94. The fraction of sp³-hybridized carbons (Fsp3) is 0.538. The maximum Gasteiger partial charge on any atom is 0.416 e. The van der Waals surface area contributed by atoms with Gasteiger partial charge in [-0.2, -0.15) is 13.2 Å². The van der Waals surface area contributed by atoms with Crippen LogP contribution in [0, 0.1) is 0 Å². The van der Waals surface area contributed by atoms with Crippen molar-refractivity contribution in [1.29, 1.82) is 0 Å². The van der Waals surface area contributed by atoms with Crippen LogP contribution < -0.4 is 5.32 Å². The summed E-state index contributed by atoms with van der Waals surface area (Å²) in [7, 11) is 1.65. The molecule has 18 heavy (non-hydrogen) atoms. The Morgan fingerprint density at radius 1 is 1.28 bits per heavy atom. The summed E-state index contributed by atoms with van der Waals surface area (Å²) in [5, 5.41) is 3.13. The molecule has 1 fully saturated rings. The lowest BCUT2D eigenvalue weighted by Crippen LogP contribution is -2.44. The van der Waals surface area contributed by atoms with E-state index in [2.05, 4.69) is 5.32 Å². The summed E-state index contributed by atoms with van der Waals surface area (Å²) in [6.07, 6.45) is -2.30. The van der Waals surface area contributed by atoms with Crippen molar-refractivity contribution >= 4 is 0 Å². The Labute approximate surface area is 104 Å². The Morgan fingerprint density at radius 2 is 1.94 bits per heavy atom. The fourth-order valence-corrected chi connectivity index (χ4v) is 2.13. The predicted molar refractivity (Wildman–Crippen MR) is 62.1 cm³/mol. The first-order valence-electron chi connectivity index (χ1n) is 5.92. The van der Waals surface area contributed by atoms with Gasteiger partial charge >= 0.3 is 6.18 Å². The Kier molecular flexibility index (Phi) is 3.92. The summed E-state index contributed by atoms with van der Waals surface area (Å²) < 4.78 is 43.3. The van der Waals surface area contributed by atoms with E-state index in [1.54, 1.807) is 13.2 Å². The second-order valence-corrected chi connectivity index (χ2v) is 4.56. The molecule has 1 aliphatic carbocycles. The van der Waals surface area contributed by atoms with E-state index in [0.29, 0.717) is 5.56 Å². The van der Waals surface area contributed by atoms with E-state index in [-0.39, 0.29) is 18.7 Å². The normalized spacial score (nSPS) is 23.8. The van der Waals surface area contributed by atoms with E-state index >= 15 is 0 Å². The van der Waals surface area contributed by atoms with Gasteiger partial charge in [-0.1, -0.05) is 18.2 Å². The highest BCUT2D eigenvalue weighted by molar-refractivity contribution is 5.29. The minimum absolute atomic E-state index is 0.247. The van der Waals surface area contributed by atoms with E-state index in [1.807, 2.05) is 0 Å². The number of rotatable bonds is 4. The van der Waals surface area contributed by atoms with Gasteiger partial charge in [0.15, 0.2) is 0 Å². The standard InChI is InChI=1S/C13H16F3NO/c1-18-11-6-10(7-11)17-8-9-4-2-3-5-12(9)13(14,15)16/h2-5,10-11,17H,6-8H2,1H3. The molecule has 1 aromatic carbocycles. The van der Waals surface area contributed by atoms with Gasteiger partial charge in [0.1, 0.15) is 0 Å². The zero-order valence-electron chi connectivity index (χ0n) is 10.1. The van der Waals surface area contributed by atoms with E-state index in [1.165, 1.54) is 12.1 Å². The summed E-state index contributed by atoms with van der Waals surface area (Å²) in [5.41, 5.74) is -0.258. The van der Waals surface area contributed by atoms with Crippen LogP contribution in [0.15, 0.2) is 24.3 Å². The second kappa shape index (κ2) is 5.28. The van der Waals surface area contributed by atoms with Crippen molar-refractivity contribution in [2.24, 2.45) is 0 Å². The molecule has 0 bridgehead atoms. The molecule has 2 rings (SSSR count). The van der Waals surface area contributed by atoms with E-state index in [4.69, 9.17) is 4.74 Å². The number of methoxy groups -OCH3 is 1. The van der Waals surface area contributed by atoms with Gasteiger partial charge in [0.2, 0.25) is 0 Å². The van der Waals surface area contributed by atoms with Crippen LogP contribution in [-0.4, -0.2) is 19.3 Å². The number of hydrogen-bond acceptors (Lipinski definition) is 2. The average Bonchev–Trinajstić information content (AvgIpc) is 2.26. The van der Waals surface area contributed by atoms with Crippen molar-refractivity contribution in [3.05, 3.63) is 35.4 Å². The van der Waals surface area contributed by atoms with Crippen LogP contribution in [0.5, 0.6) is 0 Å². The van der Waals surface area contributed by atoms with Gasteiger partial charge in [-0.3, -0.25) is 0 Å². The lowest BCUT2D eigenvalue weighted by Gasteiger charge is -2.35. The Morgan fingerprint density at radius 3 is 2.56 bits per heavy atom. The summed E-state index contributed by atoms with van der Waals surface area (Å²) >= 11 is 0. The first kappa shape index (κ1) is 13.4. The first-order valence-corrected chi connectivity index (χ1v) is 5.92. The summed E-state index contributed by atoms with van der Waals surface area (Å²) in [6.45, 7) is 0.247. The lowest BCUT2D eigenvalue weighted by atomic mass is 9.89. The summed E-state index contributed by atoms with van der Waals surface area (Å²) in [4.78, 5) is 0. The van der Waals surface area contributed by atoms with Crippen LogP contribution in [-0.2, 0) is 17.5 Å². The number of alkyl halides is 3. The molecule has 0 radical (unpaired) electrons. The van der Waals surface area contributed by atoms with Gasteiger partial charge < -0.3 is 10.1 Å². The quantitative estimate of drug-likeness (QED) is 0.897. The van der Waals surface area contributed by atoms with Crippen LogP contribution in [0.3, 0.4) is 0 Å². The molecule has 100 valence electrons. The number of hydrogen-bond donors (Lipinski definition) is 1. The van der Waals surface area contributed by atoms with Crippen molar-refractivity contribution < 1.29 is 17.9 Å². The Balaban J connectivity index is 1.94. The van der Waals surface area contributed by atoms with Crippen molar-refractivity contribution in [2.75, 3.05) is 7.11 Å². The molecule has 5 heteroatoms. The van der Waals surface area contributed by atoms with E-state index in [9.17, 15) is 13.2 Å². The average molecular weight is 259 g/mol. The zero-order valence-corrected chi connectivity index (χ0v) is 10.1. The monoisotopic (exact) mass is 259 g/mol. The molecule has 0 saturated heterocycles. The maximum absolute atomic E-state index is 12.7. The molecule has 2 nitrogen and oxygen atoms in total. The third-order valence-electron chi connectivity index (χ3n) is 3.33. The minimum atomic E-state index is -4.28. The van der Waals surface area contributed by atoms with Gasteiger partial charge in [-0.25, -0.2) is 0 Å². The zero-order chi connectivity index (χ0) is 13.2. The fourth-order valence-electron chi connectivity index (χ4n) is 2.13. The molecule has 1 aromatic rings. The molecule has 0 aromatic heterocycles.